The zero-order valence-electron chi connectivity index (χ0n) is 12.2. The Morgan fingerprint density at radius 1 is 1.30 bits per heavy atom. The molecule has 5 nitrogen and oxygen atoms in total. The highest BCUT2D eigenvalue weighted by atomic mass is 32.1. The lowest BCUT2D eigenvalue weighted by atomic mass is 9.90. The van der Waals surface area contributed by atoms with E-state index < -0.39 is 0 Å². The lowest BCUT2D eigenvalue weighted by Crippen LogP contribution is -2.48. The number of piperidine rings is 1. The molecule has 0 saturated carbocycles. The molecule has 0 aromatic carbocycles. The Morgan fingerprint density at radius 2 is 1.90 bits per heavy atom. The topological polar surface area (TPSA) is 66.3 Å². The van der Waals surface area contributed by atoms with Crippen molar-refractivity contribution in [2.45, 2.75) is 70.1 Å². The van der Waals surface area contributed by atoms with Gasteiger partial charge in [0, 0.05) is 17.5 Å². The molecule has 3 rings (SSSR count). The van der Waals surface area contributed by atoms with Gasteiger partial charge in [0.2, 0.25) is 0 Å². The third kappa shape index (κ3) is 2.24. The van der Waals surface area contributed by atoms with Gasteiger partial charge in [-0.2, -0.15) is 0 Å². The highest BCUT2D eigenvalue weighted by Crippen LogP contribution is 2.38. The summed E-state index contributed by atoms with van der Waals surface area (Å²) < 4.78 is 3.98. The molecule has 1 aromatic rings. The maximum atomic E-state index is 12.9. The largest absolute Gasteiger partial charge is 0.393 e. The number of carbonyl (C=O) groups excluding carboxylic acids is 1. The highest BCUT2D eigenvalue weighted by molar-refractivity contribution is 7.08. The smallest absolute Gasteiger partial charge is 0.268 e. The minimum absolute atomic E-state index is 0.0596. The van der Waals surface area contributed by atoms with E-state index in [0.29, 0.717) is 17.7 Å². The van der Waals surface area contributed by atoms with Gasteiger partial charge in [-0.3, -0.25) is 4.79 Å². The van der Waals surface area contributed by atoms with Crippen molar-refractivity contribution in [3.8, 4) is 0 Å². The van der Waals surface area contributed by atoms with Crippen molar-refractivity contribution >= 4 is 17.4 Å². The standard InChI is InChI=1S/C14H21N3O2S/c1-14(2,3)12-11(20-16-15-12)13(19)17-8-4-5-9(17)7-10(18)6-8/h8-10,18H,4-7H2,1-3H3. The van der Waals surface area contributed by atoms with Crippen LogP contribution in [0.4, 0.5) is 0 Å². The predicted molar refractivity (Wildman–Crippen MR) is 76.8 cm³/mol. The fraction of sp³-hybridized carbons (Fsp3) is 0.786. The molecule has 2 bridgehead atoms. The van der Waals surface area contributed by atoms with Crippen LogP contribution in [0.2, 0.25) is 0 Å². The van der Waals surface area contributed by atoms with Gasteiger partial charge in [0.1, 0.15) is 4.88 Å². The van der Waals surface area contributed by atoms with E-state index in [4.69, 9.17) is 0 Å². The Hall–Kier alpha value is -1.01. The number of amides is 1. The predicted octanol–water partition coefficient (Wildman–Crippen LogP) is 1.96. The van der Waals surface area contributed by atoms with Crippen LogP contribution in [0, 0.1) is 0 Å². The van der Waals surface area contributed by atoms with Crippen molar-refractivity contribution < 1.29 is 9.90 Å². The molecule has 2 aliphatic rings. The molecule has 2 unspecified atom stereocenters. The Balaban J connectivity index is 1.89. The number of carbonyl (C=O) groups is 1. The summed E-state index contributed by atoms with van der Waals surface area (Å²) in [6.07, 6.45) is 3.17. The molecular formula is C14H21N3O2S. The Bertz CT molecular complexity index is 509. The molecule has 2 fully saturated rings. The summed E-state index contributed by atoms with van der Waals surface area (Å²) in [5, 5.41) is 14.0. The fourth-order valence-corrected chi connectivity index (χ4v) is 4.24. The number of hydrogen-bond donors (Lipinski definition) is 1. The van der Waals surface area contributed by atoms with Crippen molar-refractivity contribution in [2.24, 2.45) is 0 Å². The van der Waals surface area contributed by atoms with Gasteiger partial charge in [-0.05, 0) is 37.2 Å². The summed E-state index contributed by atoms with van der Waals surface area (Å²) >= 11 is 1.20. The first-order chi connectivity index (χ1) is 9.38. The van der Waals surface area contributed by atoms with Crippen LogP contribution in [0.3, 0.4) is 0 Å². The molecule has 1 aromatic heterocycles. The normalized spacial score (nSPS) is 29.8. The zero-order chi connectivity index (χ0) is 14.5. The average Bonchev–Trinajstić information content (AvgIpc) is 2.92. The monoisotopic (exact) mass is 295 g/mol. The minimum Gasteiger partial charge on any atom is -0.393 e. The van der Waals surface area contributed by atoms with Gasteiger partial charge < -0.3 is 10.0 Å². The first-order valence-electron chi connectivity index (χ1n) is 7.21. The van der Waals surface area contributed by atoms with E-state index in [1.54, 1.807) is 0 Å². The molecule has 0 spiro atoms. The van der Waals surface area contributed by atoms with Crippen molar-refractivity contribution in [1.29, 1.82) is 0 Å². The number of aliphatic hydroxyl groups excluding tert-OH is 1. The zero-order valence-corrected chi connectivity index (χ0v) is 13.0. The van der Waals surface area contributed by atoms with E-state index in [2.05, 4.69) is 30.4 Å². The Labute approximate surface area is 123 Å². The fourth-order valence-electron chi connectivity index (χ4n) is 3.42. The van der Waals surface area contributed by atoms with E-state index in [0.717, 1.165) is 18.5 Å². The lowest BCUT2D eigenvalue weighted by molar-refractivity contribution is 0.0288. The number of nitrogens with zero attached hydrogens (tertiary/aromatic N) is 3. The molecule has 1 amide bonds. The Kier molecular flexibility index (Phi) is 3.33. The van der Waals surface area contributed by atoms with Crippen LogP contribution in [-0.2, 0) is 5.41 Å². The second kappa shape index (κ2) is 4.77. The summed E-state index contributed by atoms with van der Waals surface area (Å²) in [5.41, 5.74) is 0.616. The van der Waals surface area contributed by atoms with Crippen LogP contribution >= 0.6 is 11.5 Å². The van der Waals surface area contributed by atoms with Crippen molar-refractivity contribution in [1.82, 2.24) is 14.5 Å². The van der Waals surface area contributed by atoms with Gasteiger partial charge in [0.25, 0.3) is 5.91 Å². The molecule has 0 radical (unpaired) electrons. The third-order valence-corrected chi connectivity index (χ3v) is 5.05. The summed E-state index contributed by atoms with van der Waals surface area (Å²) in [5.74, 6) is 0.0596. The summed E-state index contributed by atoms with van der Waals surface area (Å²) in [6.45, 7) is 6.15. The number of fused-ring (bicyclic) bond motifs is 2. The number of aromatic nitrogens is 2. The van der Waals surface area contributed by atoms with Gasteiger partial charge in [-0.15, -0.1) is 5.10 Å². The minimum atomic E-state index is -0.252. The van der Waals surface area contributed by atoms with E-state index in [1.807, 2.05) is 4.90 Å². The van der Waals surface area contributed by atoms with Gasteiger partial charge >= 0.3 is 0 Å². The van der Waals surface area contributed by atoms with Crippen LogP contribution in [0.1, 0.15) is 61.8 Å². The quantitative estimate of drug-likeness (QED) is 0.860. The number of hydrogen-bond acceptors (Lipinski definition) is 5. The highest BCUT2D eigenvalue weighted by Gasteiger charge is 2.44. The van der Waals surface area contributed by atoms with Gasteiger partial charge in [-0.25, -0.2) is 0 Å². The van der Waals surface area contributed by atoms with Crippen LogP contribution in [0.25, 0.3) is 0 Å². The van der Waals surface area contributed by atoms with Crippen molar-refractivity contribution in [3.63, 3.8) is 0 Å². The van der Waals surface area contributed by atoms with Crippen LogP contribution in [-0.4, -0.2) is 43.7 Å². The molecular weight excluding hydrogens is 274 g/mol. The van der Waals surface area contributed by atoms with Gasteiger partial charge in [-0.1, -0.05) is 25.3 Å². The lowest BCUT2D eigenvalue weighted by Gasteiger charge is -2.37. The summed E-state index contributed by atoms with van der Waals surface area (Å²) in [7, 11) is 0. The second-order valence-electron chi connectivity index (χ2n) is 6.92. The molecule has 2 atom stereocenters. The van der Waals surface area contributed by atoms with Gasteiger partial charge in [0.05, 0.1) is 11.8 Å². The number of rotatable bonds is 1. The molecule has 2 saturated heterocycles. The molecule has 20 heavy (non-hydrogen) atoms. The molecule has 6 heteroatoms. The average molecular weight is 295 g/mol. The Morgan fingerprint density at radius 3 is 2.45 bits per heavy atom. The summed E-state index contributed by atoms with van der Waals surface area (Å²) in [4.78, 5) is 15.5. The number of aliphatic hydroxyl groups is 1. The van der Waals surface area contributed by atoms with Gasteiger partial charge in [0.15, 0.2) is 0 Å². The first kappa shape index (κ1) is 13.9. The molecule has 0 aliphatic carbocycles. The molecule has 3 heterocycles. The SMILES string of the molecule is CC(C)(C)c1nnsc1C(=O)N1C2CCC1CC(O)C2. The van der Waals surface area contributed by atoms with E-state index in [9.17, 15) is 9.90 Å². The van der Waals surface area contributed by atoms with E-state index in [-0.39, 0.29) is 29.5 Å². The van der Waals surface area contributed by atoms with E-state index in [1.165, 1.54) is 11.5 Å². The maximum Gasteiger partial charge on any atom is 0.268 e. The second-order valence-corrected chi connectivity index (χ2v) is 7.68. The third-order valence-electron chi connectivity index (χ3n) is 4.34. The molecule has 1 N–H and O–H groups in total. The first-order valence-corrected chi connectivity index (χ1v) is 7.99. The molecule has 2 aliphatic heterocycles. The van der Waals surface area contributed by atoms with Crippen LogP contribution in [0.5, 0.6) is 0 Å². The van der Waals surface area contributed by atoms with Crippen LogP contribution in [0.15, 0.2) is 0 Å². The van der Waals surface area contributed by atoms with Crippen molar-refractivity contribution in [3.05, 3.63) is 10.6 Å². The van der Waals surface area contributed by atoms with E-state index >= 15 is 0 Å². The van der Waals surface area contributed by atoms with Crippen LogP contribution < -0.4 is 0 Å². The van der Waals surface area contributed by atoms with Crippen molar-refractivity contribution in [2.75, 3.05) is 0 Å². The summed E-state index contributed by atoms with van der Waals surface area (Å²) in [6, 6.07) is 0.373. The molecule has 110 valence electrons. The maximum absolute atomic E-state index is 12.9.